The van der Waals surface area contributed by atoms with E-state index in [0.717, 1.165) is 16.6 Å². The molecule has 0 radical (unpaired) electrons. The molecule has 0 spiro atoms. The first kappa shape index (κ1) is 23.9. The molecule has 0 unspecified atom stereocenters. The molecule has 1 heterocycles. The van der Waals surface area contributed by atoms with Gasteiger partial charge in [-0.1, -0.05) is 63.0 Å². The molecule has 9 heteroatoms. The van der Waals surface area contributed by atoms with E-state index < -0.39 is 5.92 Å². The first-order chi connectivity index (χ1) is 15.9. The normalized spacial score (nSPS) is 17.9. The van der Waals surface area contributed by atoms with Crippen LogP contribution in [0.15, 0.2) is 68.8 Å². The van der Waals surface area contributed by atoms with Gasteiger partial charge >= 0.3 is 0 Å². The van der Waals surface area contributed by atoms with E-state index >= 15 is 0 Å². The fraction of sp³-hybridized carbons (Fsp3) is 0.208. The molecule has 1 amide bonds. The smallest absolute Gasteiger partial charge is 0.234 e. The third kappa shape index (κ3) is 5.15. The minimum absolute atomic E-state index is 0.00502. The average Bonchev–Trinajstić information content (AvgIpc) is 2.80. The lowest BCUT2D eigenvalue weighted by Crippen LogP contribution is -2.32. The zero-order valence-electron chi connectivity index (χ0n) is 17.3. The summed E-state index contributed by atoms with van der Waals surface area (Å²) >= 11 is 17.4. The van der Waals surface area contributed by atoms with E-state index in [2.05, 4.69) is 32.6 Å². The largest absolute Gasteiger partial charge is 0.352 e. The van der Waals surface area contributed by atoms with Crippen LogP contribution < -0.4 is 10.6 Å². The van der Waals surface area contributed by atoms with E-state index in [1.54, 1.807) is 30.3 Å². The van der Waals surface area contributed by atoms with Crippen molar-refractivity contribution < 1.29 is 9.59 Å². The number of anilines is 1. The number of hydrogen-bond donors (Lipinski definition) is 2. The number of thioether (sulfide) groups is 1. The maximum absolute atomic E-state index is 12.9. The SMILES string of the molecule is N#CC1=C(SCC(=O)Nc2ccc(Br)cc2)NC2=C(C(=O)CCC2)[C@H]1c1cccc(Cl)c1Cl. The second kappa shape index (κ2) is 10.4. The van der Waals surface area contributed by atoms with Crippen LogP contribution in [-0.2, 0) is 9.59 Å². The van der Waals surface area contributed by atoms with E-state index in [1.165, 1.54) is 11.8 Å². The van der Waals surface area contributed by atoms with Crippen molar-refractivity contribution >= 4 is 68.3 Å². The van der Waals surface area contributed by atoms with Crippen LogP contribution in [0.1, 0.15) is 30.7 Å². The van der Waals surface area contributed by atoms with E-state index in [9.17, 15) is 14.9 Å². The zero-order valence-corrected chi connectivity index (χ0v) is 21.2. The fourth-order valence-corrected chi connectivity index (χ4v) is 5.50. The maximum atomic E-state index is 12.9. The van der Waals surface area contributed by atoms with Gasteiger partial charge in [-0.25, -0.2) is 0 Å². The number of benzene rings is 2. The molecule has 1 aliphatic carbocycles. The standard InChI is InChI=1S/C24H18BrCl2N3O2S/c25-13-7-9-14(10-8-13)29-20(32)12-33-24-16(11-28)21(15-3-1-4-17(26)23(15)27)22-18(30-24)5-2-6-19(22)31/h1,3-4,7-10,21,30H,2,5-6,12H2,(H,29,32)/t21-/m0/s1. The van der Waals surface area contributed by atoms with Gasteiger partial charge in [0.15, 0.2) is 5.78 Å². The van der Waals surface area contributed by atoms with Crippen LogP contribution in [0.3, 0.4) is 0 Å². The molecule has 0 fully saturated rings. The van der Waals surface area contributed by atoms with Crippen LogP contribution in [0.25, 0.3) is 0 Å². The van der Waals surface area contributed by atoms with Crippen LogP contribution in [0.4, 0.5) is 5.69 Å². The predicted octanol–water partition coefficient (Wildman–Crippen LogP) is 6.56. The Kier molecular flexibility index (Phi) is 7.50. The summed E-state index contributed by atoms with van der Waals surface area (Å²) < 4.78 is 0.918. The minimum atomic E-state index is -0.623. The molecule has 2 N–H and O–H groups in total. The van der Waals surface area contributed by atoms with Gasteiger partial charge in [0.25, 0.3) is 0 Å². The monoisotopic (exact) mass is 561 g/mol. The third-order valence-corrected chi connectivity index (χ3v) is 7.81. The number of Topliss-reactive ketones (excluding diaryl/α,β-unsaturated/α-hetero) is 1. The van der Waals surface area contributed by atoms with Gasteiger partial charge in [0.1, 0.15) is 0 Å². The molecule has 2 aromatic rings. The topological polar surface area (TPSA) is 82.0 Å². The van der Waals surface area contributed by atoms with Gasteiger partial charge in [-0.2, -0.15) is 5.26 Å². The van der Waals surface area contributed by atoms with Gasteiger partial charge in [-0.15, -0.1) is 0 Å². The molecule has 0 saturated heterocycles. The highest BCUT2D eigenvalue weighted by Gasteiger charge is 2.38. The number of nitriles is 1. The van der Waals surface area contributed by atoms with Crippen molar-refractivity contribution in [3.05, 3.63) is 84.4 Å². The quantitative estimate of drug-likeness (QED) is 0.431. The van der Waals surface area contributed by atoms with E-state index in [4.69, 9.17) is 23.2 Å². The summed E-state index contributed by atoms with van der Waals surface area (Å²) in [5, 5.41) is 17.4. The van der Waals surface area contributed by atoms with Crippen molar-refractivity contribution in [2.24, 2.45) is 0 Å². The minimum Gasteiger partial charge on any atom is -0.352 e. The highest BCUT2D eigenvalue weighted by Crippen LogP contribution is 2.46. The summed E-state index contributed by atoms with van der Waals surface area (Å²) in [7, 11) is 0. The number of hydrogen-bond acceptors (Lipinski definition) is 5. The Bertz CT molecular complexity index is 1240. The molecular weight excluding hydrogens is 545 g/mol. The van der Waals surface area contributed by atoms with Crippen molar-refractivity contribution in [3.8, 4) is 6.07 Å². The second-order valence-corrected chi connectivity index (χ2v) is 10.3. The molecule has 2 aliphatic rings. The summed E-state index contributed by atoms with van der Waals surface area (Å²) in [6.45, 7) is 0. The summed E-state index contributed by atoms with van der Waals surface area (Å²) in [6.07, 6.45) is 1.83. The van der Waals surface area contributed by atoms with Gasteiger partial charge < -0.3 is 10.6 Å². The second-order valence-electron chi connectivity index (χ2n) is 7.57. The van der Waals surface area contributed by atoms with Crippen LogP contribution in [0, 0.1) is 11.3 Å². The molecule has 5 nitrogen and oxygen atoms in total. The Balaban J connectivity index is 1.65. The number of rotatable bonds is 5. The molecule has 0 bridgehead atoms. The van der Waals surface area contributed by atoms with Gasteiger partial charge in [0, 0.05) is 27.9 Å². The van der Waals surface area contributed by atoms with Gasteiger partial charge in [0.05, 0.1) is 38.4 Å². The van der Waals surface area contributed by atoms with Gasteiger partial charge in [-0.05, 0) is 48.7 Å². The van der Waals surface area contributed by atoms with Gasteiger partial charge in [0.2, 0.25) is 5.91 Å². The van der Waals surface area contributed by atoms with E-state index in [-0.39, 0.29) is 17.4 Å². The lowest BCUT2D eigenvalue weighted by molar-refractivity contribution is -0.116. The predicted molar refractivity (Wildman–Crippen MR) is 136 cm³/mol. The number of carbonyl (C=O) groups excluding carboxylic acids is 2. The molecule has 4 rings (SSSR count). The number of amides is 1. The van der Waals surface area contributed by atoms with E-state index in [0.29, 0.717) is 50.3 Å². The lowest BCUT2D eigenvalue weighted by atomic mass is 9.77. The average molecular weight is 563 g/mol. The third-order valence-electron chi connectivity index (χ3n) is 5.43. The molecule has 1 aliphatic heterocycles. The number of halogens is 3. The molecule has 0 saturated carbocycles. The van der Waals surface area contributed by atoms with Crippen molar-refractivity contribution in [2.75, 3.05) is 11.1 Å². The summed E-state index contributed by atoms with van der Waals surface area (Å²) in [6, 6.07) is 14.8. The van der Waals surface area contributed by atoms with Gasteiger partial charge in [-0.3, -0.25) is 9.59 Å². The molecule has 168 valence electrons. The number of dihydropyridines is 1. The zero-order chi connectivity index (χ0) is 23.5. The number of ketones is 1. The van der Waals surface area contributed by atoms with Crippen molar-refractivity contribution in [1.82, 2.24) is 5.32 Å². The summed E-state index contributed by atoms with van der Waals surface area (Å²) in [5.74, 6) is -0.738. The van der Waals surface area contributed by atoms with Crippen LogP contribution in [0.5, 0.6) is 0 Å². The first-order valence-corrected chi connectivity index (χ1v) is 12.7. The molecule has 33 heavy (non-hydrogen) atoms. The van der Waals surface area contributed by atoms with Crippen molar-refractivity contribution in [1.29, 1.82) is 5.26 Å². The van der Waals surface area contributed by atoms with Crippen LogP contribution >= 0.6 is 50.9 Å². The number of nitrogens with one attached hydrogen (secondary N) is 2. The molecule has 0 aromatic heterocycles. The highest BCUT2D eigenvalue weighted by atomic mass is 79.9. The van der Waals surface area contributed by atoms with E-state index in [1.807, 2.05) is 12.1 Å². The van der Waals surface area contributed by atoms with Crippen molar-refractivity contribution in [2.45, 2.75) is 25.2 Å². The summed E-state index contributed by atoms with van der Waals surface area (Å²) in [5.41, 5.74) is 2.99. The Morgan fingerprint density at radius 3 is 2.70 bits per heavy atom. The Labute approximate surface area is 214 Å². The number of nitrogens with zero attached hydrogens (tertiary/aromatic N) is 1. The van der Waals surface area contributed by atoms with Crippen LogP contribution in [-0.4, -0.2) is 17.4 Å². The Hall–Kier alpha value is -2.24. The highest BCUT2D eigenvalue weighted by molar-refractivity contribution is 9.10. The van der Waals surface area contributed by atoms with Crippen molar-refractivity contribution in [3.63, 3.8) is 0 Å². The number of carbonyl (C=O) groups is 2. The summed E-state index contributed by atoms with van der Waals surface area (Å²) in [4.78, 5) is 25.4. The molecule has 1 atom stereocenters. The first-order valence-electron chi connectivity index (χ1n) is 10.2. The molecular formula is C24H18BrCl2N3O2S. The number of allylic oxidation sites excluding steroid dienone is 3. The lowest BCUT2D eigenvalue weighted by Gasteiger charge is -2.33. The Morgan fingerprint density at radius 2 is 1.97 bits per heavy atom. The molecule has 2 aromatic carbocycles. The Morgan fingerprint density at radius 1 is 1.21 bits per heavy atom. The van der Waals surface area contributed by atoms with Crippen LogP contribution in [0.2, 0.25) is 10.0 Å². The maximum Gasteiger partial charge on any atom is 0.234 e. The fourth-order valence-electron chi connectivity index (χ4n) is 3.96.